The molecule has 0 spiro atoms. The van der Waals surface area contributed by atoms with Gasteiger partial charge < -0.3 is 15.3 Å². The number of hydrogen-bond donors (Lipinski definition) is 2. The van der Waals surface area contributed by atoms with E-state index in [1.165, 1.54) is 0 Å². The topological polar surface area (TPSA) is 82.5 Å². The molecular weight excluding hydrogens is 210 g/mol. The number of rotatable bonds is 4. The number of carboxylic acid groups (broad SMARTS) is 1. The lowest BCUT2D eigenvalue weighted by molar-refractivity contribution is -0.139. The van der Waals surface area contributed by atoms with E-state index < -0.39 is 18.3 Å². The first kappa shape index (κ1) is 12.0. The Bertz CT molecular complexity index is 404. The predicted molar refractivity (Wildman–Crippen MR) is 59.4 cm³/mol. The van der Waals surface area contributed by atoms with Gasteiger partial charge in [-0.25, -0.2) is 4.98 Å². The lowest BCUT2D eigenvalue weighted by Crippen LogP contribution is -2.19. The standard InChI is InChI=1S/C10H13N3O3/c1-13(2)10-7(4-3-5-11-10)12-8(14)6-9(15)16/h3-5H,6H2,1-2H3,(H,12,14)(H,15,16). The molecule has 0 bridgehead atoms. The van der Waals surface area contributed by atoms with E-state index in [9.17, 15) is 9.59 Å². The Morgan fingerprint density at radius 3 is 2.75 bits per heavy atom. The Balaban J connectivity index is 2.80. The fraction of sp³-hybridized carbons (Fsp3) is 0.300. The van der Waals surface area contributed by atoms with Gasteiger partial charge in [-0.2, -0.15) is 0 Å². The summed E-state index contributed by atoms with van der Waals surface area (Å²) in [5, 5.41) is 11.0. The number of pyridine rings is 1. The van der Waals surface area contributed by atoms with Crippen LogP contribution in [-0.2, 0) is 9.59 Å². The monoisotopic (exact) mass is 223 g/mol. The Kier molecular flexibility index (Phi) is 3.82. The van der Waals surface area contributed by atoms with E-state index in [0.717, 1.165) is 0 Å². The van der Waals surface area contributed by atoms with Gasteiger partial charge in [-0.1, -0.05) is 0 Å². The molecule has 0 aliphatic heterocycles. The smallest absolute Gasteiger partial charge is 0.312 e. The number of carbonyl (C=O) groups is 2. The summed E-state index contributed by atoms with van der Waals surface area (Å²) in [4.78, 5) is 27.4. The molecule has 2 N–H and O–H groups in total. The highest BCUT2D eigenvalue weighted by Crippen LogP contribution is 2.20. The fourth-order valence-corrected chi connectivity index (χ4v) is 1.18. The number of aliphatic carboxylic acids is 1. The van der Waals surface area contributed by atoms with Gasteiger partial charge in [0.1, 0.15) is 6.42 Å². The zero-order chi connectivity index (χ0) is 12.1. The number of nitrogens with one attached hydrogen (secondary N) is 1. The molecule has 0 aromatic carbocycles. The minimum absolute atomic E-state index is 0.499. The molecule has 1 aromatic heterocycles. The summed E-state index contributed by atoms with van der Waals surface area (Å²) in [7, 11) is 3.57. The third-order valence-electron chi connectivity index (χ3n) is 1.80. The maximum absolute atomic E-state index is 11.3. The quantitative estimate of drug-likeness (QED) is 0.729. The fourth-order valence-electron chi connectivity index (χ4n) is 1.18. The van der Waals surface area contributed by atoms with Crippen LogP contribution in [0.3, 0.4) is 0 Å². The van der Waals surface area contributed by atoms with Gasteiger partial charge in [0.15, 0.2) is 5.82 Å². The molecular formula is C10H13N3O3. The third kappa shape index (κ3) is 3.23. The molecule has 0 saturated heterocycles. The maximum atomic E-state index is 11.3. The summed E-state index contributed by atoms with van der Waals surface area (Å²) < 4.78 is 0. The lowest BCUT2D eigenvalue weighted by atomic mass is 10.3. The highest BCUT2D eigenvalue weighted by atomic mass is 16.4. The van der Waals surface area contributed by atoms with Crippen molar-refractivity contribution in [2.45, 2.75) is 6.42 Å². The minimum atomic E-state index is -1.16. The Morgan fingerprint density at radius 2 is 2.19 bits per heavy atom. The zero-order valence-corrected chi connectivity index (χ0v) is 9.10. The average Bonchev–Trinajstić information content (AvgIpc) is 2.16. The van der Waals surface area contributed by atoms with Gasteiger partial charge in [0.05, 0.1) is 5.69 Å². The molecule has 86 valence electrons. The number of amides is 1. The summed E-state index contributed by atoms with van der Waals surface area (Å²) in [6.07, 6.45) is 1.05. The maximum Gasteiger partial charge on any atom is 0.312 e. The Morgan fingerprint density at radius 1 is 1.50 bits per heavy atom. The normalized spacial score (nSPS) is 9.62. The lowest BCUT2D eigenvalue weighted by Gasteiger charge is -2.15. The first-order chi connectivity index (χ1) is 7.50. The van der Waals surface area contributed by atoms with Gasteiger partial charge in [-0.05, 0) is 12.1 Å². The van der Waals surface area contributed by atoms with Crippen molar-refractivity contribution in [3.8, 4) is 0 Å². The summed E-state index contributed by atoms with van der Waals surface area (Å²) in [5.41, 5.74) is 0.499. The molecule has 0 saturated carbocycles. The highest BCUT2D eigenvalue weighted by Gasteiger charge is 2.11. The van der Waals surface area contributed by atoms with Crippen LogP contribution < -0.4 is 10.2 Å². The number of carboxylic acids is 1. The van der Waals surface area contributed by atoms with Crippen LogP contribution in [0.15, 0.2) is 18.3 Å². The molecule has 6 heteroatoms. The summed E-state index contributed by atoms with van der Waals surface area (Å²) >= 11 is 0. The molecule has 1 rings (SSSR count). The second-order valence-corrected chi connectivity index (χ2v) is 3.39. The minimum Gasteiger partial charge on any atom is -0.481 e. The van der Waals surface area contributed by atoms with Crippen LogP contribution in [0.5, 0.6) is 0 Å². The first-order valence-electron chi connectivity index (χ1n) is 4.64. The number of nitrogens with zero attached hydrogens (tertiary/aromatic N) is 2. The molecule has 0 aliphatic carbocycles. The predicted octanol–water partition coefficient (Wildman–Crippen LogP) is 0.561. The van der Waals surface area contributed by atoms with Gasteiger partial charge in [0.2, 0.25) is 5.91 Å². The van der Waals surface area contributed by atoms with Crippen molar-refractivity contribution >= 4 is 23.4 Å². The average molecular weight is 223 g/mol. The number of hydrogen-bond acceptors (Lipinski definition) is 4. The van der Waals surface area contributed by atoms with E-state index in [-0.39, 0.29) is 0 Å². The van der Waals surface area contributed by atoms with E-state index >= 15 is 0 Å². The summed E-state index contributed by atoms with van der Waals surface area (Å²) in [6, 6.07) is 3.34. The molecule has 0 fully saturated rings. The van der Waals surface area contributed by atoms with Crippen LogP contribution in [0.1, 0.15) is 6.42 Å². The van der Waals surface area contributed by atoms with Crippen molar-refractivity contribution in [2.75, 3.05) is 24.3 Å². The number of aromatic nitrogens is 1. The van der Waals surface area contributed by atoms with Crippen LogP contribution in [0, 0.1) is 0 Å². The highest BCUT2D eigenvalue weighted by molar-refractivity contribution is 6.02. The van der Waals surface area contributed by atoms with E-state index in [2.05, 4.69) is 10.3 Å². The SMILES string of the molecule is CN(C)c1ncccc1NC(=O)CC(=O)O. The molecule has 0 atom stereocenters. The van der Waals surface area contributed by atoms with Crippen LogP contribution in [-0.4, -0.2) is 36.1 Å². The van der Waals surface area contributed by atoms with Gasteiger partial charge in [-0.3, -0.25) is 9.59 Å². The van der Waals surface area contributed by atoms with Crippen LogP contribution in [0.25, 0.3) is 0 Å². The van der Waals surface area contributed by atoms with Crippen molar-refractivity contribution < 1.29 is 14.7 Å². The van der Waals surface area contributed by atoms with Crippen LogP contribution >= 0.6 is 0 Å². The molecule has 1 amide bonds. The van der Waals surface area contributed by atoms with Gasteiger partial charge in [0, 0.05) is 20.3 Å². The molecule has 0 aliphatic rings. The van der Waals surface area contributed by atoms with Crippen molar-refractivity contribution in [1.29, 1.82) is 0 Å². The van der Waals surface area contributed by atoms with Crippen LogP contribution in [0.4, 0.5) is 11.5 Å². The number of carbonyl (C=O) groups excluding carboxylic acids is 1. The second kappa shape index (κ2) is 5.11. The summed E-state index contributed by atoms with van der Waals surface area (Å²) in [5.74, 6) is -1.14. The number of anilines is 2. The van der Waals surface area contributed by atoms with Gasteiger partial charge >= 0.3 is 5.97 Å². The molecule has 0 radical (unpaired) electrons. The van der Waals surface area contributed by atoms with E-state index in [0.29, 0.717) is 11.5 Å². The van der Waals surface area contributed by atoms with Crippen molar-refractivity contribution in [1.82, 2.24) is 4.98 Å². The van der Waals surface area contributed by atoms with E-state index in [1.54, 1.807) is 37.3 Å². The van der Waals surface area contributed by atoms with Crippen molar-refractivity contribution in [3.63, 3.8) is 0 Å². The van der Waals surface area contributed by atoms with Gasteiger partial charge in [-0.15, -0.1) is 0 Å². The molecule has 0 unspecified atom stereocenters. The largest absolute Gasteiger partial charge is 0.481 e. The third-order valence-corrected chi connectivity index (χ3v) is 1.80. The Labute approximate surface area is 92.9 Å². The van der Waals surface area contributed by atoms with Gasteiger partial charge in [0.25, 0.3) is 0 Å². The zero-order valence-electron chi connectivity index (χ0n) is 9.10. The first-order valence-corrected chi connectivity index (χ1v) is 4.64. The molecule has 1 heterocycles. The molecule has 16 heavy (non-hydrogen) atoms. The summed E-state index contributed by atoms with van der Waals surface area (Å²) in [6.45, 7) is 0. The molecule has 6 nitrogen and oxygen atoms in total. The molecule has 1 aromatic rings. The van der Waals surface area contributed by atoms with Crippen molar-refractivity contribution in [2.24, 2.45) is 0 Å². The van der Waals surface area contributed by atoms with E-state index in [1.807, 2.05) is 0 Å². The van der Waals surface area contributed by atoms with Crippen molar-refractivity contribution in [3.05, 3.63) is 18.3 Å². The van der Waals surface area contributed by atoms with Crippen LogP contribution in [0.2, 0.25) is 0 Å². The van der Waals surface area contributed by atoms with E-state index in [4.69, 9.17) is 5.11 Å². The second-order valence-electron chi connectivity index (χ2n) is 3.39. The Hall–Kier alpha value is -2.11.